The molecular weight excluding hydrogens is 434 g/mol. The number of nitrogen functional groups attached to an aromatic ring is 1. The molecule has 1 aliphatic rings. The molecule has 0 saturated heterocycles. The Balaban J connectivity index is 1.37. The minimum absolute atomic E-state index is 0.186. The molecule has 160 valence electrons. The Morgan fingerprint density at radius 1 is 1.42 bits per heavy atom. The highest BCUT2D eigenvalue weighted by Crippen LogP contribution is 2.41. The Hall–Kier alpha value is -2.87. The highest BCUT2D eigenvalue weighted by Gasteiger charge is 2.26. The zero-order valence-corrected chi connectivity index (χ0v) is 18.4. The number of nitrogens with one attached hydrogen (secondary N) is 1. The molecule has 1 aliphatic heterocycles. The largest absolute Gasteiger partial charge is 0.486 e. The van der Waals surface area contributed by atoms with Crippen molar-refractivity contribution in [1.82, 2.24) is 10.3 Å². The van der Waals surface area contributed by atoms with Crippen LogP contribution in [0.25, 0.3) is 16.5 Å². The summed E-state index contributed by atoms with van der Waals surface area (Å²) in [5.74, 6) is 0.886. The monoisotopic (exact) mass is 455 g/mol. The molecule has 8 heteroatoms. The van der Waals surface area contributed by atoms with E-state index in [4.69, 9.17) is 22.1 Å². The van der Waals surface area contributed by atoms with Gasteiger partial charge in [-0.1, -0.05) is 11.6 Å². The lowest BCUT2D eigenvalue weighted by atomic mass is 10.1. The first-order valence-corrected chi connectivity index (χ1v) is 11.0. The molecule has 0 bridgehead atoms. The smallest absolute Gasteiger partial charge is 0.244 e. The number of benzene rings is 1. The van der Waals surface area contributed by atoms with E-state index in [2.05, 4.69) is 16.4 Å². The van der Waals surface area contributed by atoms with Crippen LogP contribution in [0.15, 0.2) is 48.7 Å². The summed E-state index contributed by atoms with van der Waals surface area (Å²) in [4.78, 5) is 18.1. The number of halogens is 1. The summed E-state index contributed by atoms with van der Waals surface area (Å²) in [7, 11) is 0. The second-order valence-corrected chi connectivity index (χ2v) is 8.89. The van der Waals surface area contributed by atoms with Gasteiger partial charge in [0.2, 0.25) is 5.91 Å². The summed E-state index contributed by atoms with van der Waals surface area (Å²) in [6.07, 6.45) is 4.71. The van der Waals surface area contributed by atoms with Crippen molar-refractivity contribution in [3.05, 3.63) is 69.7 Å². The fourth-order valence-corrected chi connectivity index (χ4v) is 4.55. The molecule has 0 fully saturated rings. The molecule has 2 atom stereocenters. The van der Waals surface area contributed by atoms with Gasteiger partial charge in [0.05, 0.1) is 17.7 Å². The lowest BCUT2D eigenvalue weighted by molar-refractivity contribution is -0.116. The van der Waals surface area contributed by atoms with Gasteiger partial charge in [-0.2, -0.15) is 0 Å². The van der Waals surface area contributed by atoms with Crippen LogP contribution in [0.2, 0.25) is 5.02 Å². The molecule has 1 amide bonds. The molecule has 0 radical (unpaired) electrons. The molecule has 2 unspecified atom stereocenters. The Morgan fingerprint density at radius 3 is 2.97 bits per heavy atom. The highest BCUT2D eigenvalue weighted by molar-refractivity contribution is 7.15. The average molecular weight is 456 g/mol. The van der Waals surface area contributed by atoms with Crippen molar-refractivity contribution in [2.75, 3.05) is 12.3 Å². The number of carbonyl (C=O) groups excluding carboxylic acids is 1. The molecule has 3 aromatic rings. The quantitative estimate of drug-likeness (QED) is 0.483. The van der Waals surface area contributed by atoms with Crippen molar-refractivity contribution in [3.8, 4) is 16.2 Å². The Labute approximate surface area is 189 Å². The summed E-state index contributed by atoms with van der Waals surface area (Å²) in [5.41, 5.74) is 8.35. The Bertz CT molecular complexity index is 1130. The van der Waals surface area contributed by atoms with Crippen LogP contribution in [0, 0.1) is 0 Å². The zero-order valence-electron chi connectivity index (χ0n) is 16.8. The predicted octanol–water partition coefficient (Wildman–Crippen LogP) is 4.23. The van der Waals surface area contributed by atoms with Gasteiger partial charge in [-0.15, -0.1) is 11.3 Å². The van der Waals surface area contributed by atoms with Crippen molar-refractivity contribution >= 4 is 40.7 Å². The van der Waals surface area contributed by atoms with E-state index >= 15 is 0 Å². The maximum absolute atomic E-state index is 12.1. The fraction of sp³-hybridized carbons (Fsp3) is 0.217. The summed E-state index contributed by atoms with van der Waals surface area (Å²) in [6, 6.07) is 11.3. The molecule has 0 aliphatic carbocycles. The van der Waals surface area contributed by atoms with Gasteiger partial charge in [0.1, 0.15) is 17.7 Å². The number of pyridine rings is 1. The van der Waals surface area contributed by atoms with Gasteiger partial charge in [0, 0.05) is 34.0 Å². The van der Waals surface area contributed by atoms with Gasteiger partial charge >= 0.3 is 0 Å². The molecule has 0 spiro atoms. The maximum atomic E-state index is 12.1. The van der Waals surface area contributed by atoms with E-state index in [0.717, 1.165) is 26.4 Å². The van der Waals surface area contributed by atoms with Gasteiger partial charge in [-0.3, -0.25) is 4.79 Å². The molecule has 0 saturated carbocycles. The van der Waals surface area contributed by atoms with E-state index in [-0.39, 0.29) is 12.0 Å². The summed E-state index contributed by atoms with van der Waals surface area (Å²) in [6.45, 7) is 2.12. The van der Waals surface area contributed by atoms with Gasteiger partial charge in [-0.05, 0) is 60.5 Å². The van der Waals surface area contributed by atoms with E-state index in [9.17, 15) is 9.90 Å². The van der Waals surface area contributed by atoms with E-state index in [1.807, 2.05) is 18.2 Å². The third-order valence-electron chi connectivity index (χ3n) is 4.92. The fourth-order valence-electron chi connectivity index (χ4n) is 3.34. The van der Waals surface area contributed by atoms with E-state index < -0.39 is 6.10 Å². The molecule has 3 heterocycles. The lowest BCUT2D eigenvalue weighted by Crippen LogP contribution is -2.33. The number of amides is 1. The third kappa shape index (κ3) is 5.07. The van der Waals surface area contributed by atoms with Crippen LogP contribution in [-0.4, -0.2) is 28.6 Å². The predicted molar refractivity (Wildman–Crippen MR) is 124 cm³/mol. The number of aromatic nitrogens is 1. The molecule has 4 N–H and O–H groups in total. The van der Waals surface area contributed by atoms with Crippen molar-refractivity contribution in [1.29, 1.82) is 0 Å². The van der Waals surface area contributed by atoms with E-state index in [1.165, 1.54) is 6.08 Å². The average Bonchev–Trinajstić information content (AvgIpc) is 3.39. The molecule has 4 rings (SSSR count). The van der Waals surface area contributed by atoms with Crippen LogP contribution in [0.3, 0.4) is 0 Å². The molecular formula is C23H22ClN3O3S. The van der Waals surface area contributed by atoms with Crippen LogP contribution in [0.1, 0.15) is 29.0 Å². The Kier molecular flexibility index (Phi) is 6.27. The van der Waals surface area contributed by atoms with Crippen molar-refractivity contribution in [2.24, 2.45) is 0 Å². The summed E-state index contributed by atoms with van der Waals surface area (Å²) >= 11 is 8.01. The highest BCUT2D eigenvalue weighted by atomic mass is 35.5. The van der Waals surface area contributed by atoms with Crippen LogP contribution >= 0.6 is 22.9 Å². The number of hydrogen-bond acceptors (Lipinski definition) is 6. The number of anilines is 1. The van der Waals surface area contributed by atoms with Gasteiger partial charge in [0.15, 0.2) is 0 Å². The van der Waals surface area contributed by atoms with E-state index in [1.54, 1.807) is 42.7 Å². The molecule has 31 heavy (non-hydrogen) atoms. The molecule has 1 aromatic carbocycles. The first kappa shape index (κ1) is 21.4. The number of aliphatic hydroxyl groups is 1. The SMILES string of the molecule is CC(O)c1ccc(-c2cc(Cl)c3c(c2)CC(CNC(=O)C=Cc2ccc(N)nc2)O3)s1. The number of aliphatic hydroxyl groups excluding tert-OH is 1. The first-order valence-electron chi connectivity index (χ1n) is 9.83. The van der Waals surface area contributed by atoms with Crippen molar-refractivity contribution < 1.29 is 14.6 Å². The maximum Gasteiger partial charge on any atom is 0.244 e. The number of nitrogens with two attached hydrogens (primary N) is 1. The number of thiophene rings is 1. The number of fused-ring (bicyclic) bond motifs is 1. The summed E-state index contributed by atoms with van der Waals surface area (Å²) in [5, 5.41) is 13.2. The second kappa shape index (κ2) is 9.09. The molecule has 2 aromatic heterocycles. The van der Waals surface area contributed by atoms with Crippen molar-refractivity contribution in [2.45, 2.75) is 25.6 Å². The number of carbonyl (C=O) groups is 1. The van der Waals surface area contributed by atoms with Crippen LogP contribution in [0.4, 0.5) is 5.82 Å². The second-order valence-electron chi connectivity index (χ2n) is 7.36. The number of rotatable bonds is 6. The standard InChI is InChI=1S/C23H22ClN3O3S/c1-13(28)19-4-5-20(31-19)15-8-16-9-17(30-23(16)18(24)10-15)12-27-22(29)7-3-14-2-6-21(25)26-11-14/h2-8,10-11,13,17,28H,9,12H2,1H3,(H2,25,26)(H,27,29). The topological polar surface area (TPSA) is 97.5 Å². The summed E-state index contributed by atoms with van der Waals surface area (Å²) < 4.78 is 5.97. The molecule has 6 nitrogen and oxygen atoms in total. The third-order valence-corrected chi connectivity index (χ3v) is 6.50. The Morgan fingerprint density at radius 2 is 2.26 bits per heavy atom. The van der Waals surface area contributed by atoms with Gasteiger partial charge < -0.3 is 20.9 Å². The zero-order chi connectivity index (χ0) is 22.0. The normalized spacial score (nSPS) is 16.2. The van der Waals surface area contributed by atoms with Crippen molar-refractivity contribution in [3.63, 3.8) is 0 Å². The van der Waals surface area contributed by atoms with Crippen LogP contribution in [0.5, 0.6) is 5.75 Å². The number of hydrogen-bond donors (Lipinski definition) is 3. The van der Waals surface area contributed by atoms with Crippen LogP contribution in [-0.2, 0) is 11.2 Å². The van der Waals surface area contributed by atoms with Crippen LogP contribution < -0.4 is 15.8 Å². The number of nitrogens with zero attached hydrogens (tertiary/aromatic N) is 1. The lowest BCUT2D eigenvalue weighted by Gasteiger charge is -2.11. The first-order chi connectivity index (χ1) is 14.9. The minimum Gasteiger partial charge on any atom is -0.486 e. The number of ether oxygens (including phenoxy) is 1. The van der Waals surface area contributed by atoms with Gasteiger partial charge in [0.25, 0.3) is 0 Å². The minimum atomic E-state index is -0.495. The van der Waals surface area contributed by atoms with Gasteiger partial charge in [-0.25, -0.2) is 4.98 Å². The van der Waals surface area contributed by atoms with E-state index in [0.29, 0.717) is 29.6 Å².